The van der Waals surface area contributed by atoms with Gasteiger partial charge in [-0.1, -0.05) is 0 Å². The minimum absolute atomic E-state index is 0.122. The van der Waals surface area contributed by atoms with Crippen molar-refractivity contribution in [3.8, 4) is 0 Å². The van der Waals surface area contributed by atoms with Crippen LogP contribution in [0.3, 0.4) is 0 Å². The van der Waals surface area contributed by atoms with Gasteiger partial charge in [0.1, 0.15) is 5.82 Å². The maximum atomic E-state index is 13.3. The first-order chi connectivity index (χ1) is 8.29. The molecule has 1 aromatic rings. The van der Waals surface area contributed by atoms with Crippen molar-refractivity contribution in [1.82, 2.24) is 0 Å². The molecule has 0 bridgehead atoms. The van der Waals surface area contributed by atoms with Crippen LogP contribution in [0.15, 0.2) is 18.2 Å². The Morgan fingerprint density at radius 1 is 1.29 bits per heavy atom. The summed E-state index contributed by atoms with van der Waals surface area (Å²) in [6, 6.07) is 6.26. The van der Waals surface area contributed by atoms with E-state index in [0.29, 0.717) is 18.6 Å². The largest absolute Gasteiger partial charge is 0.364 e. The number of benzene rings is 1. The Morgan fingerprint density at radius 3 is 3.00 bits per heavy atom. The molecule has 0 spiro atoms. The lowest BCUT2D eigenvalue weighted by molar-refractivity contribution is 0.359. The topological polar surface area (TPSA) is 29.3 Å². The second-order valence-corrected chi connectivity index (χ2v) is 5.19. The van der Waals surface area contributed by atoms with Crippen molar-refractivity contribution in [3.63, 3.8) is 0 Å². The fourth-order valence-electron chi connectivity index (χ4n) is 3.40. The molecule has 2 nitrogen and oxygen atoms in total. The van der Waals surface area contributed by atoms with Gasteiger partial charge in [0, 0.05) is 24.3 Å². The van der Waals surface area contributed by atoms with E-state index >= 15 is 0 Å². The van der Waals surface area contributed by atoms with E-state index in [4.69, 9.17) is 5.73 Å². The van der Waals surface area contributed by atoms with Crippen LogP contribution in [0.5, 0.6) is 0 Å². The molecule has 2 aliphatic heterocycles. The van der Waals surface area contributed by atoms with Gasteiger partial charge < -0.3 is 10.6 Å². The summed E-state index contributed by atoms with van der Waals surface area (Å²) in [5, 5.41) is 0. The molecule has 0 radical (unpaired) electrons. The number of anilines is 1. The third-order valence-electron chi connectivity index (χ3n) is 4.20. The summed E-state index contributed by atoms with van der Waals surface area (Å²) in [6.07, 6.45) is 5.86. The van der Waals surface area contributed by atoms with Crippen LogP contribution in [0.2, 0.25) is 0 Å². The summed E-state index contributed by atoms with van der Waals surface area (Å²) in [4.78, 5) is 2.46. The van der Waals surface area contributed by atoms with Gasteiger partial charge in [-0.05, 0) is 55.9 Å². The van der Waals surface area contributed by atoms with E-state index in [0.717, 1.165) is 18.4 Å². The fraction of sp³-hybridized carbons (Fsp3) is 0.571. The fourth-order valence-corrected chi connectivity index (χ4v) is 3.40. The molecule has 0 aromatic heterocycles. The quantitative estimate of drug-likeness (QED) is 0.808. The van der Waals surface area contributed by atoms with Gasteiger partial charge in [-0.3, -0.25) is 0 Å². The first kappa shape index (κ1) is 11.0. The van der Waals surface area contributed by atoms with Gasteiger partial charge in [0.15, 0.2) is 0 Å². The predicted octanol–water partition coefficient (Wildman–Crippen LogP) is 2.46. The van der Waals surface area contributed by atoms with E-state index in [1.54, 1.807) is 12.1 Å². The molecule has 92 valence electrons. The Hall–Kier alpha value is -1.09. The monoisotopic (exact) mass is 234 g/mol. The highest BCUT2D eigenvalue weighted by Crippen LogP contribution is 2.38. The summed E-state index contributed by atoms with van der Waals surface area (Å²) in [5.41, 5.74) is 8.26. The van der Waals surface area contributed by atoms with E-state index < -0.39 is 0 Å². The molecule has 1 aromatic carbocycles. The van der Waals surface area contributed by atoms with Crippen molar-refractivity contribution in [1.29, 1.82) is 0 Å². The molecule has 17 heavy (non-hydrogen) atoms. The van der Waals surface area contributed by atoms with Gasteiger partial charge in [-0.15, -0.1) is 0 Å². The third kappa shape index (κ3) is 1.82. The Labute approximate surface area is 102 Å². The van der Waals surface area contributed by atoms with Crippen LogP contribution in [0.25, 0.3) is 0 Å². The molecule has 0 saturated carbocycles. The summed E-state index contributed by atoms with van der Waals surface area (Å²) in [6.45, 7) is 0.702. The first-order valence-corrected chi connectivity index (χ1v) is 6.56. The predicted molar refractivity (Wildman–Crippen MR) is 67.7 cm³/mol. The summed E-state index contributed by atoms with van der Waals surface area (Å²) in [5.74, 6) is -0.122. The van der Waals surface area contributed by atoms with Gasteiger partial charge in [-0.2, -0.15) is 0 Å². The Balaban J connectivity index is 2.01. The number of hydrogen-bond acceptors (Lipinski definition) is 2. The Bertz CT molecular complexity index is 419. The van der Waals surface area contributed by atoms with Crippen molar-refractivity contribution >= 4 is 5.69 Å². The lowest BCUT2D eigenvalue weighted by Gasteiger charge is -2.47. The molecule has 3 heteroatoms. The van der Waals surface area contributed by atoms with E-state index in [2.05, 4.69) is 4.90 Å². The second-order valence-electron chi connectivity index (χ2n) is 5.19. The van der Waals surface area contributed by atoms with Gasteiger partial charge >= 0.3 is 0 Å². The van der Waals surface area contributed by atoms with Crippen molar-refractivity contribution in [2.75, 3.05) is 11.4 Å². The van der Waals surface area contributed by atoms with Crippen molar-refractivity contribution in [3.05, 3.63) is 29.6 Å². The Morgan fingerprint density at radius 2 is 2.18 bits per heavy atom. The average Bonchev–Trinajstić information content (AvgIpc) is 2.37. The second kappa shape index (κ2) is 4.30. The maximum absolute atomic E-state index is 13.3. The standard InChI is InChI=1S/C14H19FN2/c15-11-5-7-14-10(8-11)4-6-12-2-1-3-13(9-16)17(12)14/h5,7-8,12-13H,1-4,6,9,16H2. The van der Waals surface area contributed by atoms with Crippen LogP contribution >= 0.6 is 0 Å². The summed E-state index contributed by atoms with van der Waals surface area (Å²) in [7, 11) is 0. The van der Waals surface area contributed by atoms with Crippen LogP contribution in [-0.4, -0.2) is 18.6 Å². The Kier molecular flexibility index (Phi) is 2.79. The molecule has 1 saturated heterocycles. The minimum Gasteiger partial charge on any atom is -0.364 e. The van der Waals surface area contributed by atoms with Crippen molar-refractivity contribution in [2.24, 2.45) is 5.73 Å². The third-order valence-corrected chi connectivity index (χ3v) is 4.20. The molecule has 1 fully saturated rings. The van der Waals surface area contributed by atoms with Crippen LogP contribution in [0, 0.1) is 5.82 Å². The van der Waals surface area contributed by atoms with E-state index in [9.17, 15) is 4.39 Å². The van der Waals surface area contributed by atoms with Crippen LogP contribution < -0.4 is 10.6 Å². The van der Waals surface area contributed by atoms with E-state index in [-0.39, 0.29) is 5.82 Å². The number of nitrogens with zero attached hydrogens (tertiary/aromatic N) is 1. The molecule has 3 rings (SSSR count). The average molecular weight is 234 g/mol. The molecular weight excluding hydrogens is 215 g/mol. The lowest BCUT2D eigenvalue weighted by Crippen LogP contribution is -2.52. The smallest absolute Gasteiger partial charge is 0.123 e. The molecule has 2 heterocycles. The highest BCUT2D eigenvalue weighted by atomic mass is 19.1. The summed E-state index contributed by atoms with van der Waals surface area (Å²) < 4.78 is 13.3. The molecule has 2 N–H and O–H groups in total. The number of halogens is 1. The SMILES string of the molecule is NCC1CCCC2CCc3cc(F)ccc3N12. The number of piperidine rings is 1. The number of rotatable bonds is 1. The van der Waals surface area contributed by atoms with Crippen LogP contribution in [-0.2, 0) is 6.42 Å². The molecule has 0 aliphatic carbocycles. The highest BCUT2D eigenvalue weighted by Gasteiger charge is 2.33. The van der Waals surface area contributed by atoms with Crippen molar-refractivity contribution < 1.29 is 4.39 Å². The minimum atomic E-state index is -0.122. The van der Waals surface area contributed by atoms with Gasteiger partial charge in [-0.25, -0.2) is 4.39 Å². The van der Waals surface area contributed by atoms with E-state index in [1.807, 2.05) is 6.07 Å². The lowest BCUT2D eigenvalue weighted by atomic mass is 9.86. The molecule has 2 atom stereocenters. The zero-order chi connectivity index (χ0) is 11.8. The normalized spacial score (nSPS) is 27.5. The van der Waals surface area contributed by atoms with Crippen LogP contribution in [0.1, 0.15) is 31.2 Å². The molecular formula is C14H19FN2. The zero-order valence-corrected chi connectivity index (χ0v) is 10.0. The van der Waals surface area contributed by atoms with Gasteiger partial charge in [0.2, 0.25) is 0 Å². The number of nitrogens with two attached hydrogens (primary N) is 1. The highest BCUT2D eigenvalue weighted by molar-refractivity contribution is 5.58. The number of fused-ring (bicyclic) bond motifs is 3. The summed E-state index contributed by atoms with van der Waals surface area (Å²) >= 11 is 0. The number of hydrogen-bond donors (Lipinski definition) is 1. The van der Waals surface area contributed by atoms with Crippen LogP contribution in [0.4, 0.5) is 10.1 Å². The van der Waals surface area contributed by atoms with Gasteiger partial charge in [0.25, 0.3) is 0 Å². The maximum Gasteiger partial charge on any atom is 0.123 e. The molecule has 2 aliphatic rings. The molecule has 2 unspecified atom stereocenters. The van der Waals surface area contributed by atoms with Crippen molar-refractivity contribution in [2.45, 2.75) is 44.2 Å². The van der Waals surface area contributed by atoms with E-state index in [1.165, 1.54) is 24.9 Å². The molecule has 0 amide bonds. The van der Waals surface area contributed by atoms with Gasteiger partial charge in [0.05, 0.1) is 0 Å². The zero-order valence-electron chi connectivity index (χ0n) is 10.0. The first-order valence-electron chi connectivity index (χ1n) is 6.56. The number of aryl methyl sites for hydroxylation is 1.